The van der Waals surface area contributed by atoms with Gasteiger partial charge in [-0.05, 0) is 6.42 Å². The van der Waals surface area contributed by atoms with Crippen LogP contribution < -0.4 is 0 Å². The lowest BCUT2D eigenvalue weighted by atomic mass is 9.78. The summed E-state index contributed by atoms with van der Waals surface area (Å²) in [7, 11) is 0.521. The molecule has 1 amide bonds. The van der Waals surface area contributed by atoms with E-state index < -0.39 is 0 Å². The average molecular weight is 193 g/mol. The number of carbonyl (C=O) groups excluding carboxylic acids is 2. The van der Waals surface area contributed by atoms with Crippen molar-refractivity contribution in [2.75, 3.05) is 0 Å². The van der Waals surface area contributed by atoms with Gasteiger partial charge < -0.3 is 4.57 Å². The summed E-state index contributed by atoms with van der Waals surface area (Å²) < 4.78 is 1.81. The van der Waals surface area contributed by atoms with E-state index in [2.05, 4.69) is 6.58 Å². The fraction of sp³-hybridized carbons (Fsp3) is 0.556. The van der Waals surface area contributed by atoms with Gasteiger partial charge in [-0.3, -0.25) is 9.59 Å². The van der Waals surface area contributed by atoms with Crippen LogP contribution >= 0.6 is 0 Å². The Morgan fingerprint density at radius 3 is 3.08 bits per heavy atom. The van der Waals surface area contributed by atoms with Gasteiger partial charge in [0.1, 0.15) is 5.78 Å². The van der Waals surface area contributed by atoms with E-state index in [0.29, 0.717) is 16.1 Å². The highest BCUT2D eigenvalue weighted by molar-refractivity contribution is 6.54. The number of allylic oxidation sites excluding steroid dienone is 1. The molecule has 2 rings (SSSR count). The standard InChI is InChI=1S/C9H11NO2Si/c1-3-4-9(2)6(11)5-7(12)10-8(9)13-10/h3,8H,1,4-5H2,2H3/t8?,9-,10?/m0/s1. The molecular formula is C9H11NO2Si. The summed E-state index contributed by atoms with van der Waals surface area (Å²) in [4.78, 5) is 22.9. The minimum atomic E-state index is -0.339. The topological polar surface area (TPSA) is 37.1 Å². The molecule has 2 heterocycles. The molecule has 0 spiro atoms. The number of amides is 1. The van der Waals surface area contributed by atoms with Crippen LogP contribution in [0.5, 0.6) is 0 Å². The molecule has 0 aromatic heterocycles. The van der Waals surface area contributed by atoms with E-state index in [4.69, 9.17) is 0 Å². The van der Waals surface area contributed by atoms with Crippen molar-refractivity contribution in [3.63, 3.8) is 0 Å². The van der Waals surface area contributed by atoms with Crippen molar-refractivity contribution in [1.82, 2.24) is 4.57 Å². The highest BCUT2D eigenvalue weighted by Crippen LogP contribution is 2.43. The molecule has 2 fully saturated rings. The molecule has 0 bridgehead atoms. The van der Waals surface area contributed by atoms with E-state index in [1.807, 2.05) is 11.5 Å². The van der Waals surface area contributed by atoms with E-state index in [-0.39, 0.29) is 29.2 Å². The lowest BCUT2D eigenvalue weighted by molar-refractivity contribution is -0.140. The Kier molecular flexibility index (Phi) is 1.70. The molecule has 13 heavy (non-hydrogen) atoms. The zero-order chi connectivity index (χ0) is 9.64. The molecule has 0 aromatic rings. The normalized spacial score (nSPS) is 37.3. The number of fused-ring (bicyclic) bond motifs is 1. The van der Waals surface area contributed by atoms with E-state index in [0.717, 1.165) is 0 Å². The van der Waals surface area contributed by atoms with Crippen LogP contribution in [0, 0.1) is 5.41 Å². The van der Waals surface area contributed by atoms with Gasteiger partial charge in [0.25, 0.3) is 0 Å². The Balaban J connectivity index is 2.25. The molecule has 2 aliphatic rings. The van der Waals surface area contributed by atoms with Crippen LogP contribution in [-0.2, 0) is 9.59 Å². The van der Waals surface area contributed by atoms with Crippen LogP contribution in [0.25, 0.3) is 0 Å². The molecule has 2 saturated heterocycles. The number of carbonyl (C=O) groups is 2. The van der Waals surface area contributed by atoms with E-state index >= 15 is 0 Å². The van der Waals surface area contributed by atoms with Crippen molar-refractivity contribution in [2.24, 2.45) is 5.41 Å². The highest BCUT2D eigenvalue weighted by Gasteiger charge is 2.59. The number of ketones is 1. The van der Waals surface area contributed by atoms with Crippen molar-refractivity contribution in [3.8, 4) is 0 Å². The second-order valence-electron chi connectivity index (χ2n) is 3.81. The quantitative estimate of drug-likeness (QED) is 0.274. The van der Waals surface area contributed by atoms with Crippen LogP contribution in [0.3, 0.4) is 0 Å². The summed E-state index contributed by atoms with van der Waals surface area (Å²) in [5.41, 5.74) is -0.159. The summed E-state index contributed by atoms with van der Waals surface area (Å²) in [5.74, 6) is 0.0959. The van der Waals surface area contributed by atoms with Crippen LogP contribution in [0.2, 0.25) is 0 Å². The van der Waals surface area contributed by atoms with Crippen molar-refractivity contribution < 1.29 is 9.59 Å². The monoisotopic (exact) mass is 193 g/mol. The fourth-order valence-corrected chi connectivity index (χ4v) is 3.26. The molecule has 68 valence electrons. The van der Waals surface area contributed by atoms with Crippen LogP contribution in [0.4, 0.5) is 0 Å². The third-order valence-corrected chi connectivity index (χ3v) is 4.50. The Bertz CT molecular complexity index is 302. The molecule has 0 aliphatic carbocycles. The van der Waals surface area contributed by atoms with Crippen molar-refractivity contribution >= 4 is 21.4 Å². The van der Waals surface area contributed by atoms with Crippen LogP contribution in [0.1, 0.15) is 19.8 Å². The highest BCUT2D eigenvalue weighted by atomic mass is 28.2. The second kappa shape index (κ2) is 2.54. The first-order chi connectivity index (χ1) is 6.09. The Hall–Kier alpha value is -0.903. The fourth-order valence-electron chi connectivity index (χ4n) is 1.84. The predicted molar refractivity (Wildman–Crippen MR) is 48.9 cm³/mol. The summed E-state index contributed by atoms with van der Waals surface area (Å²) in [6, 6.07) is 0. The number of nitrogens with zero attached hydrogens (tertiary/aromatic N) is 1. The van der Waals surface area contributed by atoms with Gasteiger partial charge in [-0.15, -0.1) is 6.58 Å². The Morgan fingerprint density at radius 2 is 2.46 bits per heavy atom. The lowest BCUT2D eigenvalue weighted by Gasteiger charge is -2.30. The van der Waals surface area contributed by atoms with Gasteiger partial charge in [0, 0.05) is 11.1 Å². The smallest absolute Gasteiger partial charge is 0.222 e. The van der Waals surface area contributed by atoms with Crippen LogP contribution in [-0.4, -0.2) is 31.6 Å². The van der Waals surface area contributed by atoms with Crippen molar-refractivity contribution in [1.29, 1.82) is 0 Å². The van der Waals surface area contributed by atoms with E-state index in [9.17, 15) is 9.59 Å². The maximum Gasteiger partial charge on any atom is 0.222 e. The van der Waals surface area contributed by atoms with E-state index in [1.54, 1.807) is 6.08 Å². The number of Topliss-reactive ketones (excluding diaryl/α,β-unsaturated/α-hetero) is 1. The minimum Gasteiger partial charge on any atom is -0.365 e. The first-order valence-electron chi connectivity index (χ1n) is 4.32. The summed E-state index contributed by atoms with van der Waals surface area (Å²) in [5, 5.41) is 0. The van der Waals surface area contributed by atoms with Crippen LogP contribution in [0.15, 0.2) is 12.7 Å². The average Bonchev–Trinajstić information content (AvgIpc) is 2.81. The van der Waals surface area contributed by atoms with Gasteiger partial charge >= 0.3 is 0 Å². The van der Waals surface area contributed by atoms with Gasteiger partial charge in [-0.1, -0.05) is 13.0 Å². The maximum absolute atomic E-state index is 11.7. The Labute approximate surface area is 79.7 Å². The Morgan fingerprint density at radius 1 is 1.77 bits per heavy atom. The summed E-state index contributed by atoms with van der Waals surface area (Å²) >= 11 is 0. The SMILES string of the molecule is C=CC[C@@]1(C)C(=O)CC(=O)N2[Si]C21. The molecule has 2 radical (unpaired) electrons. The zero-order valence-electron chi connectivity index (χ0n) is 7.54. The van der Waals surface area contributed by atoms with Crippen molar-refractivity contribution in [3.05, 3.63) is 12.7 Å². The first-order valence-corrected chi connectivity index (χ1v) is 5.34. The number of piperidine rings is 1. The van der Waals surface area contributed by atoms with Gasteiger partial charge in [-0.25, -0.2) is 0 Å². The molecule has 3 nitrogen and oxygen atoms in total. The second-order valence-corrected chi connectivity index (χ2v) is 5.09. The lowest BCUT2D eigenvalue weighted by Crippen LogP contribution is -2.42. The number of rotatable bonds is 2. The third kappa shape index (κ3) is 1.08. The third-order valence-electron chi connectivity index (χ3n) is 2.84. The molecule has 2 atom stereocenters. The van der Waals surface area contributed by atoms with Gasteiger partial charge in [0.15, 0.2) is 0 Å². The summed E-state index contributed by atoms with van der Waals surface area (Å²) in [6.07, 6.45) is 2.55. The minimum absolute atomic E-state index is 0.00914. The molecular weight excluding hydrogens is 182 g/mol. The predicted octanol–water partition coefficient (Wildman–Crippen LogP) is 0.329. The molecule has 2 aliphatic heterocycles. The molecule has 0 aromatic carbocycles. The zero-order valence-corrected chi connectivity index (χ0v) is 8.54. The molecule has 0 saturated carbocycles. The first kappa shape index (κ1) is 8.68. The molecule has 0 N–H and O–H groups in total. The van der Waals surface area contributed by atoms with Gasteiger partial charge in [0.2, 0.25) is 15.6 Å². The summed E-state index contributed by atoms with van der Waals surface area (Å²) in [6.45, 7) is 5.60. The molecule has 4 heteroatoms. The number of hydrogen-bond donors (Lipinski definition) is 0. The largest absolute Gasteiger partial charge is 0.365 e. The number of hydrogen-bond acceptors (Lipinski definition) is 2. The molecule has 1 unspecified atom stereocenters. The van der Waals surface area contributed by atoms with Gasteiger partial charge in [-0.2, -0.15) is 0 Å². The maximum atomic E-state index is 11.7. The van der Waals surface area contributed by atoms with Crippen molar-refractivity contribution in [2.45, 2.75) is 25.4 Å². The van der Waals surface area contributed by atoms with Gasteiger partial charge in [0.05, 0.1) is 6.42 Å². The van der Waals surface area contributed by atoms with E-state index in [1.165, 1.54) is 0 Å².